The van der Waals surface area contributed by atoms with Crippen LogP contribution in [0.2, 0.25) is 0 Å². The molecule has 2 atom stereocenters. The van der Waals surface area contributed by atoms with Crippen molar-refractivity contribution in [1.82, 2.24) is 5.32 Å². The summed E-state index contributed by atoms with van der Waals surface area (Å²) in [5.41, 5.74) is 7.67. The van der Waals surface area contributed by atoms with Crippen LogP contribution in [-0.4, -0.2) is 31.9 Å². The van der Waals surface area contributed by atoms with E-state index in [1.165, 1.54) is 0 Å². The van der Waals surface area contributed by atoms with E-state index >= 15 is 0 Å². The van der Waals surface area contributed by atoms with E-state index in [9.17, 15) is 13.2 Å². The third-order valence-corrected chi connectivity index (χ3v) is 4.94. The predicted octanol–water partition coefficient (Wildman–Crippen LogP) is 1.36. The Hall–Kier alpha value is -1.11. The summed E-state index contributed by atoms with van der Waals surface area (Å²) in [6, 6.07) is 6.12. The van der Waals surface area contributed by atoms with Gasteiger partial charge in [-0.2, -0.15) is 0 Å². The van der Waals surface area contributed by atoms with Gasteiger partial charge in [-0.05, 0) is 19.4 Å². The molecule has 3 N–H and O–H groups in total. The monoisotopic (exact) mass is 334 g/mol. The van der Waals surface area contributed by atoms with Gasteiger partial charge in [0.25, 0.3) is 0 Å². The Bertz CT molecular complexity index is 558. The zero-order valence-electron chi connectivity index (χ0n) is 12.5. The minimum atomic E-state index is -3.12. The van der Waals surface area contributed by atoms with Crippen molar-refractivity contribution in [3.05, 3.63) is 35.4 Å². The second kappa shape index (κ2) is 8.36. The molecule has 0 aromatic heterocycles. The van der Waals surface area contributed by atoms with Crippen LogP contribution in [0.3, 0.4) is 0 Å². The second-order valence-electron chi connectivity index (χ2n) is 5.00. The van der Waals surface area contributed by atoms with Crippen molar-refractivity contribution in [2.75, 3.05) is 11.5 Å². The first kappa shape index (κ1) is 19.9. The van der Waals surface area contributed by atoms with Crippen LogP contribution in [-0.2, 0) is 14.6 Å². The second-order valence-corrected chi connectivity index (χ2v) is 7.39. The molecule has 2 unspecified atom stereocenters. The lowest BCUT2D eigenvalue weighted by Crippen LogP contribution is -2.42. The number of halogens is 1. The van der Waals surface area contributed by atoms with Crippen LogP contribution in [0.1, 0.15) is 31.0 Å². The van der Waals surface area contributed by atoms with Crippen molar-refractivity contribution in [3.8, 4) is 0 Å². The van der Waals surface area contributed by atoms with Crippen LogP contribution in [0.25, 0.3) is 0 Å². The van der Waals surface area contributed by atoms with E-state index in [0.29, 0.717) is 5.56 Å². The average Bonchev–Trinajstić information content (AvgIpc) is 2.38. The molecule has 0 fully saturated rings. The molecule has 0 saturated carbocycles. The Morgan fingerprint density at radius 3 is 2.29 bits per heavy atom. The van der Waals surface area contributed by atoms with E-state index in [1.807, 2.05) is 19.1 Å². The standard InChI is InChI=1S/C14H22N2O3S.ClH/c1-4-20(18,19)9-11(3)16-14(17)13(15)12-7-5-10(2)6-8-12;/h5-8,11,13H,4,9,15H2,1-3H3,(H,16,17);1H. The molecule has 5 nitrogen and oxygen atoms in total. The number of carbonyl (C=O) groups excluding carboxylic acids is 1. The molecule has 0 aliphatic rings. The first-order valence-corrected chi connectivity index (χ1v) is 8.40. The van der Waals surface area contributed by atoms with E-state index < -0.39 is 21.9 Å². The summed E-state index contributed by atoms with van der Waals surface area (Å²) in [4.78, 5) is 12.0. The van der Waals surface area contributed by atoms with Crippen LogP contribution in [0, 0.1) is 6.92 Å². The lowest BCUT2D eigenvalue weighted by molar-refractivity contribution is -0.122. The molecule has 0 aliphatic heterocycles. The quantitative estimate of drug-likeness (QED) is 0.822. The van der Waals surface area contributed by atoms with Gasteiger partial charge in [0.15, 0.2) is 9.84 Å². The summed E-state index contributed by atoms with van der Waals surface area (Å²) in [5, 5.41) is 2.64. The lowest BCUT2D eigenvalue weighted by atomic mass is 10.1. The smallest absolute Gasteiger partial charge is 0.241 e. The number of hydrogen-bond donors (Lipinski definition) is 2. The van der Waals surface area contributed by atoms with Crippen molar-refractivity contribution >= 4 is 28.2 Å². The number of nitrogens with two attached hydrogens (primary N) is 1. The van der Waals surface area contributed by atoms with Crippen LogP contribution in [0.4, 0.5) is 0 Å². The lowest BCUT2D eigenvalue weighted by Gasteiger charge is -2.17. The zero-order chi connectivity index (χ0) is 15.3. The zero-order valence-corrected chi connectivity index (χ0v) is 14.1. The van der Waals surface area contributed by atoms with Gasteiger partial charge in [-0.15, -0.1) is 12.4 Å². The Morgan fingerprint density at radius 1 is 1.29 bits per heavy atom. The summed E-state index contributed by atoms with van der Waals surface area (Å²) in [5.74, 6) is -0.375. The summed E-state index contributed by atoms with van der Waals surface area (Å²) in [6.45, 7) is 5.20. The highest BCUT2D eigenvalue weighted by Crippen LogP contribution is 2.11. The molecule has 7 heteroatoms. The Morgan fingerprint density at radius 2 is 1.81 bits per heavy atom. The molecule has 1 aromatic rings. The number of sulfone groups is 1. The number of amides is 1. The average molecular weight is 335 g/mol. The van der Waals surface area contributed by atoms with Crippen LogP contribution in [0.15, 0.2) is 24.3 Å². The minimum Gasteiger partial charge on any atom is -0.351 e. The van der Waals surface area contributed by atoms with E-state index in [-0.39, 0.29) is 29.8 Å². The number of carbonyl (C=O) groups is 1. The normalized spacial score (nSPS) is 13.9. The maximum absolute atomic E-state index is 12.0. The first-order valence-electron chi connectivity index (χ1n) is 6.58. The highest BCUT2D eigenvalue weighted by atomic mass is 35.5. The van der Waals surface area contributed by atoms with Gasteiger partial charge in [-0.25, -0.2) is 8.42 Å². The number of rotatable bonds is 6. The Kier molecular flexibility index (Phi) is 7.92. The van der Waals surface area contributed by atoms with Gasteiger partial charge in [0.1, 0.15) is 6.04 Å². The third-order valence-electron chi connectivity index (χ3n) is 3.05. The van der Waals surface area contributed by atoms with Crippen molar-refractivity contribution in [1.29, 1.82) is 0 Å². The molecule has 1 rings (SSSR count). The number of hydrogen-bond acceptors (Lipinski definition) is 4. The fraction of sp³-hybridized carbons (Fsp3) is 0.500. The molecule has 120 valence electrons. The highest BCUT2D eigenvalue weighted by Gasteiger charge is 2.20. The molecule has 1 aromatic carbocycles. The summed E-state index contributed by atoms with van der Waals surface area (Å²) < 4.78 is 23.0. The molecule has 0 bridgehead atoms. The number of nitrogens with one attached hydrogen (secondary N) is 1. The van der Waals surface area contributed by atoms with Gasteiger partial charge in [-0.3, -0.25) is 4.79 Å². The van der Waals surface area contributed by atoms with Crippen LogP contribution >= 0.6 is 12.4 Å². The molecule has 21 heavy (non-hydrogen) atoms. The van der Waals surface area contributed by atoms with E-state index in [2.05, 4.69) is 5.32 Å². The van der Waals surface area contributed by atoms with Crippen LogP contribution in [0.5, 0.6) is 0 Å². The summed E-state index contributed by atoms with van der Waals surface area (Å²) >= 11 is 0. The Labute approximate surface area is 132 Å². The molecule has 0 saturated heterocycles. The predicted molar refractivity (Wildman–Crippen MR) is 87.3 cm³/mol. The minimum absolute atomic E-state index is 0. The molecular formula is C14H23ClN2O3S. The van der Waals surface area contributed by atoms with Crippen LogP contribution < -0.4 is 11.1 Å². The van der Waals surface area contributed by atoms with Gasteiger partial charge in [-0.1, -0.05) is 36.8 Å². The fourth-order valence-corrected chi connectivity index (χ4v) is 2.88. The van der Waals surface area contributed by atoms with Crippen molar-refractivity contribution < 1.29 is 13.2 Å². The van der Waals surface area contributed by atoms with Gasteiger partial charge in [0, 0.05) is 11.8 Å². The molecule has 0 spiro atoms. The van der Waals surface area contributed by atoms with E-state index in [1.54, 1.807) is 26.0 Å². The number of aryl methyl sites for hydroxylation is 1. The maximum atomic E-state index is 12.0. The summed E-state index contributed by atoms with van der Waals surface area (Å²) in [6.07, 6.45) is 0. The SMILES string of the molecule is CCS(=O)(=O)CC(C)NC(=O)C(N)c1ccc(C)cc1.Cl. The van der Waals surface area contributed by atoms with Crippen molar-refractivity contribution in [2.24, 2.45) is 5.73 Å². The van der Waals surface area contributed by atoms with Gasteiger partial charge in [0.05, 0.1) is 5.75 Å². The fourth-order valence-electron chi connectivity index (χ4n) is 1.80. The van der Waals surface area contributed by atoms with E-state index in [4.69, 9.17) is 5.73 Å². The largest absolute Gasteiger partial charge is 0.351 e. The molecule has 1 amide bonds. The highest BCUT2D eigenvalue weighted by molar-refractivity contribution is 7.91. The topological polar surface area (TPSA) is 89.3 Å². The third kappa shape index (κ3) is 6.46. The first-order chi connectivity index (χ1) is 9.25. The molecule has 0 aliphatic carbocycles. The van der Waals surface area contributed by atoms with Gasteiger partial charge < -0.3 is 11.1 Å². The molecular weight excluding hydrogens is 312 g/mol. The van der Waals surface area contributed by atoms with Gasteiger partial charge >= 0.3 is 0 Å². The van der Waals surface area contributed by atoms with E-state index in [0.717, 1.165) is 5.56 Å². The summed E-state index contributed by atoms with van der Waals surface area (Å²) in [7, 11) is -3.12. The molecule has 0 heterocycles. The molecule has 0 radical (unpaired) electrons. The Balaban J connectivity index is 0.00000400. The van der Waals surface area contributed by atoms with Gasteiger partial charge in [0.2, 0.25) is 5.91 Å². The van der Waals surface area contributed by atoms with Crippen molar-refractivity contribution in [3.63, 3.8) is 0 Å². The number of benzene rings is 1. The van der Waals surface area contributed by atoms with Crippen molar-refractivity contribution in [2.45, 2.75) is 32.9 Å². The maximum Gasteiger partial charge on any atom is 0.241 e.